The smallest absolute Gasteiger partial charge is 0.293 e. The van der Waals surface area contributed by atoms with Gasteiger partial charge in [0.1, 0.15) is 12.1 Å². The van der Waals surface area contributed by atoms with Gasteiger partial charge in [-0.3, -0.25) is 4.79 Å². The molecule has 4 aromatic rings. The fraction of sp³-hybridized carbons (Fsp3) is 0.167. The van der Waals surface area contributed by atoms with Gasteiger partial charge in [0.15, 0.2) is 12.1 Å². The SMILES string of the molecule is N#Cc1ncoc1C(=O)N1CCc2[nH]cnc2C1c1cc2c(Cl)cccn2n1. The van der Waals surface area contributed by atoms with E-state index in [1.807, 2.05) is 12.1 Å². The van der Waals surface area contributed by atoms with Gasteiger partial charge in [-0.1, -0.05) is 11.6 Å². The number of aromatic nitrogens is 5. The summed E-state index contributed by atoms with van der Waals surface area (Å²) in [4.78, 5) is 26.1. The van der Waals surface area contributed by atoms with Crippen molar-refractivity contribution in [1.29, 1.82) is 5.26 Å². The maximum atomic E-state index is 13.2. The van der Waals surface area contributed by atoms with Crippen LogP contribution in [0.2, 0.25) is 5.02 Å². The third-order valence-electron chi connectivity index (χ3n) is 4.80. The number of halogens is 1. The Balaban J connectivity index is 1.65. The van der Waals surface area contributed by atoms with E-state index in [2.05, 4.69) is 20.1 Å². The highest BCUT2D eigenvalue weighted by molar-refractivity contribution is 6.33. The van der Waals surface area contributed by atoms with Crippen molar-refractivity contribution in [3.8, 4) is 6.07 Å². The Morgan fingerprint density at radius 3 is 3.14 bits per heavy atom. The van der Waals surface area contributed by atoms with Gasteiger partial charge in [-0.2, -0.15) is 10.4 Å². The molecule has 0 aromatic carbocycles. The molecule has 0 aliphatic carbocycles. The molecule has 138 valence electrons. The minimum Gasteiger partial charge on any atom is -0.437 e. The lowest BCUT2D eigenvalue weighted by Gasteiger charge is -2.33. The highest BCUT2D eigenvalue weighted by atomic mass is 35.5. The number of oxazole rings is 1. The van der Waals surface area contributed by atoms with Crippen molar-refractivity contribution in [2.75, 3.05) is 6.54 Å². The van der Waals surface area contributed by atoms with Crippen LogP contribution in [0.25, 0.3) is 5.52 Å². The lowest BCUT2D eigenvalue weighted by molar-refractivity contribution is 0.0654. The molecule has 0 spiro atoms. The molecule has 0 saturated carbocycles. The van der Waals surface area contributed by atoms with Crippen LogP contribution in [0.1, 0.15) is 39.4 Å². The number of fused-ring (bicyclic) bond motifs is 2. The van der Waals surface area contributed by atoms with Gasteiger partial charge >= 0.3 is 0 Å². The van der Waals surface area contributed by atoms with Crippen molar-refractivity contribution in [2.45, 2.75) is 12.5 Å². The van der Waals surface area contributed by atoms with Gasteiger partial charge in [0.05, 0.1) is 28.3 Å². The molecular formula is C18H12ClN7O2. The fourth-order valence-corrected chi connectivity index (χ4v) is 3.75. The van der Waals surface area contributed by atoms with E-state index in [1.54, 1.807) is 34.1 Å². The highest BCUT2D eigenvalue weighted by Crippen LogP contribution is 2.35. The third kappa shape index (κ3) is 2.39. The number of nitriles is 1. The van der Waals surface area contributed by atoms with E-state index in [9.17, 15) is 10.1 Å². The average Bonchev–Trinajstić information content (AvgIpc) is 3.44. The quantitative estimate of drug-likeness (QED) is 0.558. The third-order valence-corrected chi connectivity index (χ3v) is 5.12. The number of H-pyrrole nitrogens is 1. The topological polar surface area (TPSA) is 116 Å². The molecule has 0 bridgehead atoms. The number of pyridine rings is 1. The van der Waals surface area contributed by atoms with Gasteiger partial charge in [-0.25, -0.2) is 14.5 Å². The van der Waals surface area contributed by atoms with Crippen LogP contribution in [-0.2, 0) is 6.42 Å². The summed E-state index contributed by atoms with van der Waals surface area (Å²) >= 11 is 6.29. The maximum absolute atomic E-state index is 13.2. The first-order chi connectivity index (χ1) is 13.7. The molecule has 5 rings (SSSR count). The molecule has 1 aliphatic heterocycles. The Labute approximate surface area is 163 Å². The number of rotatable bonds is 2. The molecule has 4 aromatic heterocycles. The zero-order valence-corrected chi connectivity index (χ0v) is 15.1. The summed E-state index contributed by atoms with van der Waals surface area (Å²) in [5.41, 5.74) is 2.95. The molecule has 10 heteroatoms. The Kier molecular flexibility index (Phi) is 3.67. The van der Waals surface area contributed by atoms with E-state index in [1.165, 1.54) is 0 Å². The van der Waals surface area contributed by atoms with Crippen LogP contribution in [0.4, 0.5) is 0 Å². The monoisotopic (exact) mass is 393 g/mol. The number of carbonyl (C=O) groups excluding carboxylic acids is 1. The summed E-state index contributed by atoms with van der Waals surface area (Å²) in [5.74, 6) is -0.524. The van der Waals surface area contributed by atoms with Gasteiger partial charge in [0.25, 0.3) is 5.91 Å². The van der Waals surface area contributed by atoms with Crippen molar-refractivity contribution in [3.05, 3.63) is 70.7 Å². The second-order valence-corrected chi connectivity index (χ2v) is 6.72. The molecule has 1 atom stereocenters. The van der Waals surface area contributed by atoms with E-state index >= 15 is 0 Å². The molecule has 5 heterocycles. The van der Waals surface area contributed by atoms with E-state index in [4.69, 9.17) is 16.0 Å². The zero-order chi connectivity index (χ0) is 19.3. The molecule has 1 unspecified atom stereocenters. The average molecular weight is 394 g/mol. The minimum atomic E-state index is -0.546. The van der Waals surface area contributed by atoms with Gasteiger partial charge in [-0.05, 0) is 18.2 Å². The van der Waals surface area contributed by atoms with Crippen molar-refractivity contribution < 1.29 is 9.21 Å². The Bertz CT molecular complexity index is 1250. The number of amides is 1. The first-order valence-electron chi connectivity index (χ1n) is 8.48. The summed E-state index contributed by atoms with van der Waals surface area (Å²) in [7, 11) is 0. The van der Waals surface area contributed by atoms with Crippen LogP contribution >= 0.6 is 11.6 Å². The van der Waals surface area contributed by atoms with Crippen LogP contribution in [0.15, 0.2) is 41.5 Å². The second-order valence-electron chi connectivity index (χ2n) is 6.31. The van der Waals surface area contributed by atoms with Crippen LogP contribution in [0.5, 0.6) is 0 Å². The molecule has 1 amide bonds. The van der Waals surface area contributed by atoms with Crippen LogP contribution in [-0.4, -0.2) is 41.9 Å². The number of nitrogens with zero attached hydrogens (tertiary/aromatic N) is 6. The summed E-state index contributed by atoms with van der Waals surface area (Å²) in [6, 6.07) is 6.74. The molecule has 28 heavy (non-hydrogen) atoms. The maximum Gasteiger partial charge on any atom is 0.293 e. The Hall–Kier alpha value is -3.64. The molecule has 0 radical (unpaired) electrons. The normalized spacial score (nSPS) is 16.1. The van der Waals surface area contributed by atoms with Crippen molar-refractivity contribution >= 4 is 23.0 Å². The molecule has 0 saturated heterocycles. The van der Waals surface area contributed by atoms with Gasteiger partial charge in [-0.15, -0.1) is 0 Å². The molecule has 1 N–H and O–H groups in total. The summed E-state index contributed by atoms with van der Waals surface area (Å²) in [6.07, 6.45) is 5.08. The van der Waals surface area contributed by atoms with Crippen molar-refractivity contribution in [1.82, 2.24) is 29.5 Å². The molecule has 9 nitrogen and oxygen atoms in total. The fourth-order valence-electron chi connectivity index (χ4n) is 3.54. The van der Waals surface area contributed by atoms with Gasteiger partial charge in [0.2, 0.25) is 5.76 Å². The first kappa shape index (κ1) is 16.5. The second kappa shape index (κ2) is 6.21. The minimum absolute atomic E-state index is 0.0466. The molecular weight excluding hydrogens is 382 g/mol. The van der Waals surface area contributed by atoms with E-state index < -0.39 is 11.9 Å². The highest BCUT2D eigenvalue weighted by Gasteiger charge is 2.38. The molecule has 1 aliphatic rings. The predicted octanol–water partition coefficient (Wildman–Crippen LogP) is 2.36. The zero-order valence-electron chi connectivity index (χ0n) is 14.3. The lowest BCUT2D eigenvalue weighted by Crippen LogP contribution is -2.41. The lowest BCUT2D eigenvalue weighted by atomic mass is 9.99. The summed E-state index contributed by atoms with van der Waals surface area (Å²) in [5, 5.41) is 14.4. The number of hydrogen-bond donors (Lipinski definition) is 1. The van der Waals surface area contributed by atoms with Crippen molar-refractivity contribution in [2.24, 2.45) is 0 Å². The van der Waals surface area contributed by atoms with E-state index in [0.29, 0.717) is 29.4 Å². The van der Waals surface area contributed by atoms with Crippen LogP contribution in [0.3, 0.4) is 0 Å². The number of carbonyl (C=O) groups is 1. The largest absolute Gasteiger partial charge is 0.437 e. The number of imidazole rings is 1. The number of hydrogen-bond acceptors (Lipinski definition) is 6. The summed E-state index contributed by atoms with van der Waals surface area (Å²) < 4.78 is 6.87. The summed E-state index contributed by atoms with van der Waals surface area (Å²) in [6.45, 7) is 0.409. The number of aromatic amines is 1. The van der Waals surface area contributed by atoms with Gasteiger partial charge in [0, 0.05) is 24.9 Å². The van der Waals surface area contributed by atoms with Gasteiger partial charge < -0.3 is 14.3 Å². The first-order valence-corrected chi connectivity index (χ1v) is 8.85. The van der Waals surface area contributed by atoms with E-state index in [0.717, 1.165) is 17.6 Å². The molecule has 0 fully saturated rings. The standard InChI is InChI=1S/C18H12ClN7O2/c19-10-2-1-4-26-14(10)6-12(24-26)16-15-11(21-8-22-15)3-5-25(16)18(27)17-13(7-20)23-9-28-17/h1-2,4,6,8-9,16H,3,5H2,(H,21,22). The van der Waals surface area contributed by atoms with Crippen molar-refractivity contribution in [3.63, 3.8) is 0 Å². The number of nitrogens with one attached hydrogen (secondary N) is 1. The van der Waals surface area contributed by atoms with Crippen LogP contribution in [0, 0.1) is 11.3 Å². The van der Waals surface area contributed by atoms with E-state index in [-0.39, 0.29) is 11.5 Å². The Morgan fingerprint density at radius 2 is 2.32 bits per heavy atom. The predicted molar refractivity (Wildman–Crippen MR) is 96.6 cm³/mol. The van der Waals surface area contributed by atoms with Crippen LogP contribution < -0.4 is 0 Å². The Morgan fingerprint density at radius 1 is 1.43 bits per heavy atom.